The van der Waals surface area contributed by atoms with E-state index in [1.807, 2.05) is 6.92 Å². The van der Waals surface area contributed by atoms with Crippen LogP contribution in [0.5, 0.6) is 5.75 Å². The normalized spacial score (nSPS) is 10.3. The van der Waals surface area contributed by atoms with Crippen LogP contribution in [-0.4, -0.2) is 22.2 Å². The largest absolute Gasteiger partial charge is 0.494 e. The lowest BCUT2D eigenvalue weighted by atomic mass is 10.2. The Labute approximate surface area is 116 Å². The molecule has 1 N–H and O–H groups in total. The quantitative estimate of drug-likeness (QED) is 0.927. The molecule has 1 aromatic heterocycles. The van der Waals surface area contributed by atoms with E-state index in [1.165, 1.54) is 16.7 Å². The molecule has 0 saturated carbocycles. The number of pyridine rings is 1. The van der Waals surface area contributed by atoms with Crippen LogP contribution in [0, 0.1) is 6.92 Å². The van der Waals surface area contributed by atoms with E-state index >= 15 is 0 Å². The number of carbonyl (C=O) groups is 1. The molecule has 0 aliphatic heterocycles. The molecule has 0 spiro atoms. The van der Waals surface area contributed by atoms with Gasteiger partial charge in [-0.05, 0) is 32.0 Å². The van der Waals surface area contributed by atoms with Crippen molar-refractivity contribution < 1.29 is 14.6 Å². The third-order valence-corrected chi connectivity index (χ3v) is 2.96. The zero-order valence-electron chi connectivity index (χ0n) is 11.3. The van der Waals surface area contributed by atoms with E-state index in [0.29, 0.717) is 23.7 Å². The molecule has 0 amide bonds. The molecular formula is C15H15NO4. The standard InChI is InChI=1S/C15H15NO4/c1-3-20-12-6-4-5-11(9-12)16-10(2)13(15(18)19)7-8-14(16)17/h4-9H,3H2,1-2H3,(H,18,19). The summed E-state index contributed by atoms with van der Waals surface area (Å²) < 4.78 is 6.76. The minimum atomic E-state index is -1.06. The number of hydrogen-bond donors (Lipinski definition) is 1. The summed E-state index contributed by atoms with van der Waals surface area (Å²) in [6.07, 6.45) is 0. The maximum absolute atomic E-state index is 12.0. The zero-order chi connectivity index (χ0) is 14.7. The lowest BCUT2D eigenvalue weighted by Crippen LogP contribution is -2.22. The summed E-state index contributed by atoms with van der Waals surface area (Å²) in [6.45, 7) is 4.00. The van der Waals surface area contributed by atoms with Crippen molar-refractivity contribution in [3.63, 3.8) is 0 Å². The average molecular weight is 273 g/mol. The predicted octanol–water partition coefficient (Wildman–Crippen LogP) is 2.24. The highest BCUT2D eigenvalue weighted by Crippen LogP contribution is 2.18. The monoisotopic (exact) mass is 273 g/mol. The van der Waals surface area contributed by atoms with Gasteiger partial charge in [0.25, 0.3) is 5.56 Å². The molecule has 1 heterocycles. The molecule has 2 rings (SSSR count). The summed E-state index contributed by atoms with van der Waals surface area (Å²) in [6, 6.07) is 9.58. The van der Waals surface area contributed by atoms with Crippen LogP contribution in [-0.2, 0) is 0 Å². The summed E-state index contributed by atoms with van der Waals surface area (Å²) in [4.78, 5) is 23.2. The molecule has 1 aromatic carbocycles. The van der Waals surface area contributed by atoms with Gasteiger partial charge in [0.05, 0.1) is 17.9 Å². The Balaban J connectivity index is 2.63. The van der Waals surface area contributed by atoms with Crippen molar-refractivity contribution in [3.05, 3.63) is 58.0 Å². The Kier molecular flexibility index (Phi) is 3.89. The highest BCUT2D eigenvalue weighted by Gasteiger charge is 2.13. The van der Waals surface area contributed by atoms with E-state index in [4.69, 9.17) is 9.84 Å². The molecule has 20 heavy (non-hydrogen) atoms. The van der Waals surface area contributed by atoms with Gasteiger partial charge in [-0.2, -0.15) is 0 Å². The van der Waals surface area contributed by atoms with Crippen LogP contribution in [0.2, 0.25) is 0 Å². The van der Waals surface area contributed by atoms with Crippen LogP contribution in [0.15, 0.2) is 41.2 Å². The molecule has 0 fully saturated rings. The first-order chi connectivity index (χ1) is 9.54. The first-order valence-electron chi connectivity index (χ1n) is 6.23. The van der Waals surface area contributed by atoms with Gasteiger partial charge in [-0.15, -0.1) is 0 Å². The Hall–Kier alpha value is -2.56. The topological polar surface area (TPSA) is 68.5 Å². The molecule has 0 saturated heterocycles. The second-order valence-electron chi connectivity index (χ2n) is 4.24. The molecule has 0 bridgehead atoms. The summed E-state index contributed by atoms with van der Waals surface area (Å²) in [5, 5.41) is 9.13. The van der Waals surface area contributed by atoms with Crippen LogP contribution >= 0.6 is 0 Å². The number of ether oxygens (including phenoxy) is 1. The number of hydrogen-bond acceptors (Lipinski definition) is 3. The fraction of sp³-hybridized carbons (Fsp3) is 0.200. The van der Waals surface area contributed by atoms with Crippen molar-refractivity contribution >= 4 is 5.97 Å². The molecule has 0 radical (unpaired) electrons. The highest BCUT2D eigenvalue weighted by molar-refractivity contribution is 5.88. The Morgan fingerprint density at radius 1 is 1.30 bits per heavy atom. The van der Waals surface area contributed by atoms with E-state index in [2.05, 4.69) is 0 Å². The number of carboxylic acid groups (broad SMARTS) is 1. The van der Waals surface area contributed by atoms with Crippen molar-refractivity contribution in [2.24, 2.45) is 0 Å². The molecule has 104 valence electrons. The number of aromatic carboxylic acids is 1. The Morgan fingerprint density at radius 3 is 2.70 bits per heavy atom. The number of benzene rings is 1. The van der Waals surface area contributed by atoms with Crippen molar-refractivity contribution in [2.45, 2.75) is 13.8 Å². The van der Waals surface area contributed by atoms with E-state index in [9.17, 15) is 9.59 Å². The van der Waals surface area contributed by atoms with Gasteiger partial charge in [0.15, 0.2) is 0 Å². The second-order valence-corrected chi connectivity index (χ2v) is 4.24. The molecule has 5 nitrogen and oxygen atoms in total. The van der Waals surface area contributed by atoms with Crippen LogP contribution in [0.1, 0.15) is 23.0 Å². The predicted molar refractivity (Wildman–Crippen MR) is 74.9 cm³/mol. The second kappa shape index (κ2) is 5.61. The summed E-state index contributed by atoms with van der Waals surface area (Å²) in [7, 11) is 0. The number of rotatable bonds is 4. The number of aromatic nitrogens is 1. The Morgan fingerprint density at radius 2 is 2.05 bits per heavy atom. The maximum Gasteiger partial charge on any atom is 0.337 e. The van der Waals surface area contributed by atoms with Crippen LogP contribution in [0.25, 0.3) is 5.69 Å². The molecule has 0 unspecified atom stereocenters. The Bertz CT molecular complexity index is 703. The summed E-state index contributed by atoms with van der Waals surface area (Å²) >= 11 is 0. The molecule has 0 aliphatic rings. The number of carboxylic acids is 1. The molecule has 5 heteroatoms. The lowest BCUT2D eigenvalue weighted by molar-refractivity contribution is 0.0695. The van der Waals surface area contributed by atoms with Gasteiger partial charge in [0.2, 0.25) is 0 Å². The highest BCUT2D eigenvalue weighted by atomic mass is 16.5. The van der Waals surface area contributed by atoms with Crippen molar-refractivity contribution in [1.82, 2.24) is 4.57 Å². The first-order valence-corrected chi connectivity index (χ1v) is 6.23. The van der Waals surface area contributed by atoms with Crippen molar-refractivity contribution in [1.29, 1.82) is 0 Å². The van der Waals surface area contributed by atoms with E-state index in [0.717, 1.165) is 0 Å². The van der Waals surface area contributed by atoms with Crippen molar-refractivity contribution in [3.8, 4) is 11.4 Å². The first kappa shape index (κ1) is 13.9. The van der Waals surface area contributed by atoms with Gasteiger partial charge in [-0.1, -0.05) is 6.07 Å². The van der Waals surface area contributed by atoms with Gasteiger partial charge in [-0.3, -0.25) is 9.36 Å². The number of nitrogens with zero attached hydrogens (tertiary/aromatic N) is 1. The molecular weight excluding hydrogens is 258 g/mol. The van der Waals surface area contributed by atoms with Crippen LogP contribution in [0.4, 0.5) is 0 Å². The fourth-order valence-corrected chi connectivity index (χ4v) is 2.06. The van der Waals surface area contributed by atoms with E-state index in [-0.39, 0.29) is 11.1 Å². The molecule has 0 atom stereocenters. The summed E-state index contributed by atoms with van der Waals surface area (Å²) in [5.41, 5.74) is 0.799. The lowest BCUT2D eigenvalue weighted by Gasteiger charge is -2.13. The van der Waals surface area contributed by atoms with Crippen LogP contribution in [0.3, 0.4) is 0 Å². The third-order valence-electron chi connectivity index (χ3n) is 2.96. The van der Waals surface area contributed by atoms with Gasteiger partial charge >= 0.3 is 5.97 Å². The van der Waals surface area contributed by atoms with Crippen molar-refractivity contribution in [2.75, 3.05) is 6.61 Å². The average Bonchev–Trinajstić information content (AvgIpc) is 2.39. The SMILES string of the molecule is CCOc1cccc(-n2c(C)c(C(=O)O)ccc2=O)c1. The van der Waals surface area contributed by atoms with Crippen LogP contribution < -0.4 is 10.3 Å². The zero-order valence-corrected chi connectivity index (χ0v) is 11.3. The molecule has 2 aromatic rings. The van der Waals surface area contributed by atoms with E-state index < -0.39 is 5.97 Å². The minimum absolute atomic E-state index is 0.103. The maximum atomic E-state index is 12.0. The van der Waals surface area contributed by atoms with Gasteiger partial charge in [-0.25, -0.2) is 4.79 Å². The fourth-order valence-electron chi connectivity index (χ4n) is 2.06. The van der Waals surface area contributed by atoms with Gasteiger partial charge < -0.3 is 9.84 Å². The minimum Gasteiger partial charge on any atom is -0.494 e. The summed E-state index contributed by atoms with van der Waals surface area (Å²) in [5.74, 6) is -0.422. The van der Waals surface area contributed by atoms with E-state index in [1.54, 1.807) is 31.2 Å². The molecule has 0 aliphatic carbocycles. The third kappa shape index (κ3) is 2.56. The smallest absolute Gasteiger partial charge is 0.337 e. The van der Waals surface area contributed by atoms with Gasteiger partial charge in [0, 0.05) is 17.8 Å². The van der Waals surface area contributed by atoms with Gasteiger partial charge in [0.1, 0.15) is 5.75 Å².